The first-order valence-corrected chi connectivity index (χ1v) is 4.18. The van der Waals surface area contributed by atoms with Crippen LogP contribution in [0.3, 0.4) is 0 Å². The van der Waals surface area contributed by atoms with Crippen LogP contribution < -0.4 is 5.73 Å². The smallest absolute Gasteiger partial charge is 0.292 e. The zero-order valence-corrected chi connectivity index (χ0v) is 7.16. The van der Waals surface area contributed by atoms with Crippen molar-refractivity contribution < 1.29 is 4.42 Å². The summed E-state index contributed by atoms with van der Waals surface area (Å²) in [5.41, 5.74) is 6.36. The summed E-state index contributed by atoms with van der Waals surface area (Å²) < 4.78 is 4.97. The number of hydrogen-bond donors (Lipinski definition) is 1. The summed E-state index contributed by atoms with van der Waals surface area (Å²) in [5, 5.41) is 0. The normalized spacial score (nSPS) is 24.9. The van der Waals surface area contributed by atoms with Crippen LogP contribution in [0.1, 0.15) is 24.6 Å². The molecule has 66 valence electrons. The fourth-order valence-electron chi connectivity index (χ4n) is 1.74. The van der Waals surface area contributed by atoms with E-state index in [4.69, 9.17) is 10.2 Å². The minimum atomic E-state index is 0.269. The molecule has 4 heteroatoms. The third-order valence-corrected chi connectivity index (χ3v) is 2.40. The van der Waals surface area contributed by atoms with E-state index >= 15 is 0 Å². The third-order valence-electron chi connectivity index (χ3n) is 2.40. The Bertz CT molecular complexity index is 271. The van der Waals surface area contributed by atoms with E-state index in [1.807, 2.05) is 0 Å². The van der Waals surface area contributed by atoms with Crippen molar-refractivity contribution in [3.63, 3.8) is 0 Å². The molecule has 1 atom stereocenters. The number of oxazole rings is 1. The van der Waals surface area contributed by atoms with E-state index in [-0.39, 0.29) is 6.01 Å². The number of nitrogen functional groups attached to an aromatic ring is 1. The molecule has 2 heterocycles. The van der Waals surface area contributed by atoms with Crippen LogP contribution in [0.2, 0.25) is 0 Å². The molecule has 1 aromatic heterocycles. The molecule has 0 bridgehead atoms. The molecule has 0 amide bonds. The summed E-state index contributed by atoms with van der Waals surface area (Å²) in [5.74, 6) is 0. The Balaban J connectivity index is 2.19. The lowest BCUT2D eigenvalue weighted by atomic mass is 10.2. The molecule has 0 aliphatic carbocycles. The van der Waals surface area contributed by atoms with Gasteiger partial charge >= 0.3 is 0 Å². The van der Waals surface area contributed by atoms with Crippen molar-refractivity contribution >= 4 is 6.01 Å². The summed E-state index contributed by atoms with van der Waals surface area (Å²) in [6, 6.07) is 0.677. The van der Waals surface area contributed by atoms with Crippen molar-refractivity contribution in [2.24, 2.45) is 0 Å². The van der Waals surface area contributed by atoms with Crippen molar-refractivity contribution in [1.82, 2.24) is 9.88 Å². The van der Waals surface area contributed by atoms with E-state index < -0.39 is 0 Å². The van der Waals surface area contributed by atoms with Crippen LogP contribution in [-0.4, -0.2) is 23.5 Å². The topological polar surface area (TPSA) is 55.3 Å². The highest BCUT2D eigenvalue weighted by Gasteiger charge is 2.24. The molecule has 1 fully saturated rings. The summed E-state index contributed by atoms with van der Waals surface area (Å²) in [7, 11) is 2.10. The average Bonchev–Trinajstić information content (AvgIpc) is 2.58. The Labute approximate surface area is 71.4 Å². The van der Waals surface area contributed by atoms with Crippen LogP contribution in [0, 0.1) is 0 Å². The zero-order valence-electron chi connectivity index (χ0n) is 7.16. The first-order valence-electron chi connectivity index (χ1n) is 4.18. The predicted octanol–water partition coefficient (Wildman–Crippen LogP) is 1.02. The van der Waals surface area contributed by atoms with Gasteiger partial charge in [0, 0.05) is 0 Å². The molecular formula is C8H13N3O. The molecule has 0 radical (unpaired) electrons. The standard InChI is InChI=1S/C8H13N3O/c1-11-4-2-3-7(11)6-5-12-8(9)10-6/h5,7H,2-4H2,1H3,(H2,9,10). The molecule has 12 heavy (non-hydrogen) atoms. The predicted molar refractivity (Wildman–Crippen MR) is 45.5 cm³/mol. The molecule has 2 rings (SSSR count). The third kappa shape index (κ3) is 1.18. The second-order valence-corrected chi connectivity index (χ2v) is 3.25. The Hall–Kier alpha value is -1.03. The largest absolute Gasteiger partial charge is 0.432 e. The monoisotopic (exact) mass is 167 g/mol. The lowest BCUT2D eigenvalue weighted by Gasteiger charge is -2.15. The molecule has 0 spiro atoms. The van der Waals surface area contributed by atoms with Crippen LogP contribution in [0.4, 0.5) is 6.01 Å². The maximum absolute atomic E-state index is 5.40. The number of hydrogen-bond acceptors (Lipinski definition) is 4. The minimum Gasteiger partial charge on any atom is -0.432 e. The number of likely N-dealkylation sites (tertiary alicyclic amines) is 1. The second-order valence-electron chi connectivity index (χ2n) is 3.25. The highest BCUT2D eigenvalue weighted by molar-refractivity contribution is 5.15. The van der Waals surface area contributed by atoms with Gasteiger partial charge in [0.15, 0.2) is 0 Å². The summed E-state index contributed by atoms with van der Waals surface area (Å²) in [6.07, 6.45) is 4.04. The van der Waals surface area contributed by atoms with Gasteiger partial charge in [-0.3, -0.25) is 4.90 Å². The van der Waals surface area contributed by atoms with Gasteiger partial charge in [-0.15, -0.1) is 0 Å². The van der Waals surface area contributed by atoms with Crippen LogP contribution in [0.25, 0.3) is 0 Å². The molecule has 1 saturated heterocycles. The van der Waals surface area contributed by atoms with Crippen molar-refractivity contribution in [2.45, 2.75) is 18.9 Å². The van der Waals surface area contributed by atoms with Gasteiger partial charge in [-0.25, -0.2) is 0 Å². The van der Waals surface area contributed by atoms with Crippen molar-refractivity contribution in [3.05, 3.63) is 12.0 Å². The molecule has 1 aliphatic rings. The van der Waals surface area contributed by atoms with Gasteiger partial charge in [0.1, 0.15) is 6.26 Å². The minimum absolute atomic E-state index is 0.269. The van der Waals surface area contributed by atoms with Gasteiger partial charge in [-0.05, 0) is 26.4 Å². The Morgan fingerprint density at radius 1 is 1.75 bits per heavy atom. The van der Waals surface area contributed by atoms with Crippen molar-refractivity contribution in [3.8, 4) is 0 Å². The number of nitrogens with two attached hydrogens (primary N) is 1. The molecule has 4 nitrogen and oxygen atoms in total. The van der Waals surface area contributed by atoms with Gasteiger partial charge in [-0.1, -0.05) is 0 Å². The summed E-state index contributed by atoms with van der Waals surface area (Å²) in [6.45, 7) is 1.14. The molecule has 1 unspecified atom stereocenters. The van der Waals surface area contributed by atoms with Gasteiger partial charge in [0.25, 0.3) is 6.01 Å². The SMILES string of the molecule is CN1CCCC1c1coc(N)n1. The lowest BCUT2D eigenvalue weighted by Crippen LogP contribution is -2.17. The first kappa shape index (κ1) is 7.61. The van der Waals surface area contributed by atoms with Crippen LogP contribution >= 0.6 is 0 Å². The molecule has 1 aromatic rings. The van der Waals surface area contributed by atoms with E-state index in [1.165, 1.54) is 6.42 Å². The molecular weight excluding hydrogens is 154 g/mol. The van der Waals surface area contributed by atoms with Crippen LogP contribution in [0.5, 0.6) is 0 Å². The maximum atomic E-state index is 5.40. The van der Waals surface area contributed by atoms with Crippen molar-refractivity contribution in [1.29, 1.82) is 0 Å². The Morgan fingerprint density at radius 2 is 2.58 bits per heavy atom. The maximum Gasteiger partial charge on any atom is 0.292 e. The van der Waals surface area contributed by atoms with Crippen LogP contribution in [0.15, 0.2) is 10.7 Å². The van der Waals surface area contributed by atoms with E-state index in [0.717, 1.165) is 18.7 Å². The summed E-state index contributed by atoms with van der Waals surface area (Å²) >= 11 is 0. The van der Waals surface area contributed by atoms with Gasteiger partial charge in [-0.2, -0.15) is 4.98 Å². The molecule has 0 saturated carbocycles. The second kappa shape index (κ2) is 2.79. The number of anilines is 1. The van der Waals surface area contributed by atoms with Crippen molar-refractivity contribution in [2.75, 3.05) is 19.3 Å². The fourth-order valence-corrected chi connectivity index (χ4v) is 1.74. The molecule has 0 aromatic carbocycles. The van der Waals surface area contributed by atoms with E-state index in [2.05, 4.69) is 16.9 Å². The summed E-state index contributed by atoms with van der Waals surface area (Å²) in [4.78, 5) is 6.39. The quantitative estimate of drug-likeness (QED) is 0.678. The van der Waals surface area contributed by atoms with Crippen LogP contribution in [-0.2, 0) is 0 Å². The lowest BCUT2D eigenvalue weighted by molar-refractivity contribution is 0.311. The number of aromatic nitrogens is 1. The first-order chi connectivity index (χ1) is 5.77. The molecule has 2 N–H and O–H groups in total. The highest BCUT2D eigenvalue weighted by atomic mass is 16.4. The number of nitrogens with zero attached hydrogens (tertiary/aromatic N) is 2. The van der Waals surface area contributed by atoms with E-state index in [1.54, 1.807) is 6.26 Å². The van der Waals surface area contributed by atoms with Gasteiger partial charge in [0.05, 0.1) is 11.7 Å². The van der Waals surface area contributed by atoms with E-state index in [9.17, 15) is 0 Å². The highest BCUT2D eigenvalue weighted by Crippen LogP contribution is 2.29. The Kier molecular flexibility index (Phi) is 1.77. The molecule has 1 aliphatic heterocycles. The fraction of sp³-hybridized carbons (Fsp3) is 0.625. The van der Waals surface area contributed by atoms with Gasteiger partial charge in [0.2, 0.25) is 0 Å². The number of rotatable bonds is 1. The van der Waals surface area contributed by atoms with Gasteiger partial charge < -0.3 is 10.2 Å². The average molecular weight is 167 g/mol. The Morgan fingerprint density at radius 3 is 3.08 bits per heavy atom. The zero-order chi connectivity index (χ0) is 8.55. The van der Waals surface area contributed by atoms with E-state index in [0.29, 0.717) is 6.04 Å².